The molecule has 1 heterocycles. The second-order valence-electron chi connectivity index (χ2n) is 7.25. The maximum Gasteiger partial charge on any atom is 0.254 e. The van der Waals surface area contributed by atoms with Gasteiger partial charge in [-0.1, -0.05) is 26.7 Å². The van der Waals surface area contributed by atoms with Crippen molar-refractivity contribution in [1.82, 2.24) is 14.5 Å². The van der Waals surface area contributed by atoms with Crippen LogP contribution in [-0.2, 0) is 13.1 Å². The lowest BCUT2D eigenvalue weighted by Crippen LogP contribution is -2.32. The monoisotopic (exact) mass is 399 g/mol. The number of rotatable bonds is 9. The molecule has 0 fully saturated rings. The topological polar surface area (TPSA) is 38.1 Å². The van der Waals surface area contributed by atoms with E-state index < -0.39 is 0 Å². The SMILES string of the molecule is CCCCCN(Cc1nc2ccc(F)cc2n1CCC)C(=O)c1ccc(F)cc1. The first-order valence-corrected chi connectivity index (χ1v) is 10.2. The van der Waals surface area contributed by atoms with Crippen LogP contribution in [0, 0.1) is 11.6 Å². The van der Waals surface area contributed by atoms with Gasteiger partial charge >= 0.3 is 0 Å². The molecule has 1 amide bonds. The highest BCUT2D eigenvalue weighted by Gasteiger charge is 2.20. The van der Waals surface area contributed by atoms with E-state index in [-0.39, 0.29) is 17.5 Å². The summed E-state index contributed by atoms with van der Waals surface area (Å²) in [5.41, 5.74) is 1.91. The molecule has 154 valence electrons. The first kappa shape index (κ1) is 21.0. The molecule has 0 atom stereocenters. The summed E-state index contributed by atoms with van der Waals surface area (Å²) in [5.74, 6) is -0.0869. The van der Waals surface area contributed by atoms with Crippen LogP contribution in [0.2, 0.25) is 0 Å². The van der Waals surface area contributed by atoms with E-state index in [9.17, 15) is 13.6 Å². The third-order valence-electron chi connectivity index (χ3n) is 4.98. The summed E-state index contributed by atoms with van der Waals surface area (Å²) in [4.78, 5) is 19.5. The molecule has 0 spiro atoms. The van der Waals surface area contributed by atoms with Gasteiger partial charge in [-0.25, -0.2) is 13.8 Å². The maximum atomic E-state index is 13.8. The number of fused-ring (bicyclic) bond motifs is 1. The number of benzene rings is 2. The zero-order chi connectivity index (χ0) is 20.8. The Balaban J connectivity index is 1.93. The normalized spacial score (nSPS) is 11.2. The summed E-state index contributed by atoms with van der Waals surface area (Å²) < 4.78 is 29.0. The Morgan fingerprint density at radius 3 is 2.41 bits per heavy atom. The van der Waals surface area contributed by atoms with Crippen molar-refractivity contribution < 1.29 is 13.6 Å². The van der Waals surface area contributed by atoms with Crippen molar-refractivity contribution in [3.05, 3.63) is 65.5 Å². The van der Waals surface area contributed by atoms with Crippen LogP contribution in [0.25, 0.3) is 11.0 Å². The molecule has 0 radical (unpaired) electrons. The molecule has 0 unspecified atom stereocenters. The van der Waals surface area contributed by atoms with Gasteiger partial charge in [0.1, 0.15) is 17.5 Å². The summed E-state index contributed by atoms with van der Waals surface area (Å²) in [6.45, 7) is 5.78. The van der Waals surface area contributed by atoms with E-state index in [1.54, 1.807) is 11.0 Å². The Hall–Kier alpha value is -2.76. The smallest absolute Gasteiger partial charge is 0.254 e. The van der Waals surface area contributed by atoms with Gasteiger partial charge in [0.2, 0.25) is 0 Å². The predicted octanol–water partition coefficient (Wildman–Crippen LogP) is 5.56. The van der Waals surface area contributed by atoms with Gasteiger partial charge in [-0.3, -0.25) is 4.79 Å². The first-order chi connectivity index (χ1) is 14.0. The quantitative estimate of drug-likeness (QED) is 0.442. The van der Waals surface area contributed by atoms with E-state index in [0.717, 1.165) is 42.5 Å². The van der Waals surface area contributed by atoms with Crippen molar-refractivity contribution in [2.45, 2.75) is 52.6 Å². The molecule has 3 aromatic rings. The fourth-order valence-electron chi connectivity index (χ4n) is 3.49. The number of amides is 1. The number of carbonyl (C=O) groups is 1. The average molecular weight is 399 g/mol. The van der Waals surface area contributed by atoms with Crippen LogP contribution in [0.15, 0.2) is 42.5 Å². The Morgan fingerprint density at radius 1 is 1.00 bits per heavy atom. The second-order valence-corrected chi connectivity index (χ2v) is 7.25. The number of imidazole rings is 1. The minimum Gasteiger partial charge on any atom is -0.331 e. The molecule has 0 saturated carbocycles. The fourth-order valence-corrected chi connectivity index (χ4v) is 3.49. The number of nitrogens with zero attached hydrogens (tertiary/aromatic N) is 3. The van der Waals surface area contributed by atoms with Crippen LogP contribution in [0.1, 0.15) is 55.7 Å². The molecule has 3 rings (SSSR count). The number of aromatic nitrogens is 2. The highest BCUT2D eigenvalue weighted by Crippen LogP contribution is 2.21. The molecule has 1 aromatic heterocycles. The van der Waals surface area contributed by atoms with Gasteiger partial charge in [0.15, 0.2) is 0 Å². The molecule has 0 N–H and O–H groups in total. The van der Waals surface area contributed by atoms with Crippen LogP contribution in [0.3, 0.4) is 0 Å². The predicted molar refractivity (Wildman–Crippen MR) is 111 cm³/mol. The number of halogens is 2. The third kappa shape index (κ3) is 5.00. The Labute approximate surface area is 170 Å². The zero-order valence-electron chi connectivity index (χ0n) is 17.0. The number of hydrogen-bond donors (Lipinski definition) is 0. The summed E-state index contributed by atoms with van der Waals surface area (Å²) in [5, 5.41) is 0. The van der Waals surface area contributed by atoms with Gasteiger partial charge in [-0.15, -0.1) is 0 Å². The minimum absolute atomic E-state index is 0.151. The molecule has 0 aliphatic carbocycles. The molecule has 0 bridgehead atoms. The molecule has 6 heteroatoms. The number of unbranched alkanes of at least 4 members (excludes halogenated alkanes) is 2. The van der Waals surface area contributed by atoms with Crippen molar-refractivity contribution in [3.63, 3.8) is 0 Å². The van der Waals surface area contributed by atoms with Crippen LogP contribution < -0.4 is 0 Å². The summed E-state index contributed by atoms with van der Waals surface area (Å²) in [6.07, 6.45) is 3.82. The number of hydrogen-bond acceptors (Lipinski definition) is 2. The van der Waals surface area contributed by atoms with Crippen molar-refractivity contribution in [1.29, 1.82) is 0 Å². The highest BCUT2D eigenvalue weighted by molar-refractivity contribution is 5.94. The van der Waals surface area contributed by atoms with Gasteiger partial charge in [-0.05, 0) is 55.3 Å². The fraction of sp³-hybridized carbons (Fsp3) is 0.391. The van der Waals surface area contributed by atoms with Crippen molar-refractivity contribution in [2.75, 3.05) is 6.54 Å². The van der Waals surface area contributed by atoms with Crippen molar-refractivity contribution >= 4 is 16.9 Å². The summed E-state index contributed by atoms with van der Waals surface area (Å²) in [7, 11) is 0. The van der Waals surface area contributed by atoms with E-state index in [1.165, 1.54) is 36.4 Å². The summed E-state index contributed by atoms with van der Waals surface area (Å²) >= 11 is 0. The third-order valence-corrected chi connectivity index (χ3v) is 4.98. The van der Waals surface area contributed by atoms with Crippen LogP contribution in [0.4, 0.5) is 8.78 Å². The largest absolute Gasteiger partial charge is 0.331 e. The molecule has 4 nitrogen and oxygen atoms in total. The van der Waals surface area contributed by atoms with Gasteiger partial charge < -0.3 is 9.47 Å². The van der Waals surface area contributed by atoms with Crippen molar-refractivity contribution in [2.24, 2.45) is 0 Å². The standard InChI is InChI=1S/C23H27F2N3O/c1-3-5-6-14-27(23(29)17-7-9-18(24)10-8-17)16-22-26-20-12-11-19(25)15-21(20)28(22)13-4-2/h7-12,15H,3-6,13-14,16H2,1-2H3. The lowest BCUT2D eigenvalue weighted by atomic mass is 10.1. The zero-order valence-corrected chi connectivity index (χ0v) is 17.0. The molecular weight excluding hydrogens is 372 g/mol. The molecular formula is C23H27F2N3O. The van der Waals surface area contributed by atoms with E-state index in [4.69, 9.17) is 0 Å². The average Bonchev–Trinajstić information content (AvgIpc) is 3.04. The lowest BCUT2D eigenvalue weighted by Gasteiger charge is -2.23. The Kier molecular flexibility index (Phi) is 6.96. The molecule has 2 aromatic carbocycles. The number of carbonyl (C=O) groups excluding carboxylic acids is 1. The molecule has 0 saturated heterocycles. The minimum atomic E-state index is -0.370. The molecule has 0 aliphatic rings. The van der Waals surface area contributed by atoms with Crippen LogP contribution >= 0.6 is 0 Å². The van der Waals surface area contributed by atoms with E-state index in [1.807, 2.05) is 4.57 Å². The van der Waals surface area contributed by atoms with Crippen LogP contribution in [0.5, 0.6) is 0 Å². The Morgan fingerprint density at radius 2 is 1.72 bits per heavy atom. The maximum absolute atomic E-state index is 13.8. The van der Waals surface area contributed by atoms with Crippen molar-refractivity contribution in [3.8, 4) is 0 Å². The van der Waals surface area contributed by atoms with E-state index in [0.29, 0.717) is 25.2 Å². The van der Waals surface area contributed by atoms with Gasteiger partial charge in [0.25, 0.3) is 5.91 Å². The summed E-state index contributed by atoms with van der Waals surface area (Å²) in [6, 6.07) is 10.2. The first-order valence-electron chi connectivity index (χ1n) is 10.2. The van der Waals surface area contributed by atoms with Gasteiger partial charge in [-0.2, -0.15) is 0 Å². The second kappa shape index (κ2) is 9.63. The highest BCUT2D eigenvalue weighted by atomic mass is 19.1. The Bertz CT molecular complexity index is 966. The molecule has 0 aliphatic heterocycles. The lowest BCUT2D eigenvalue weighted by molar-refractivity contribution is 0.0734. The molecule has 29 heavy (non-hydrogen) atoms. The van der Waals surface area contributed by atoms with E-state index in [2.05, 4.69) is 18.8 Å². The van der Waals surface area contributed by atoms with Crippen LogP contribution in [-0.4, -0.2) is 26.9 Å². The van der Waals surface area contributed by atoms with Gasteiger partial charge in [0, 0.05) is 18.7 Å². The number of aryl methyl sites for hydroxylation is 1. The van der Waals surface area contributed by atoms with Gasteiger partial charge in [0.05, 0.1) is 17.6 Å². The van der Waals surface area contributed by atoms with E-state index >= 15 is 0 Å².